The molecule has 144 valence electrons. The molecule has 0 bridgehead atoms. The van der Waals surface area contributed by atoms with Gasteiger partial charge in [0.05, 0.1) is 26.0 Å². The summed E-state index contributed by atoms with van der Waals surface area (Å²) in [5.41, 5.74) is 1.52. The minimum atomic E-state index is -4.13. The van der Waals surface area contributed by atoms with Gasteiger partial charge in [-0.05, 0) is 36.5 Å². The van der Waals surface area contributed by atoms with E-state index in [-0.39, 0.29) is 17.7 Å². The highest BCUT2D eigenvalue weighted by Crippen LogP contribution is 2.40. The van der Waals surface area contributed by atoms with E-state index >= 15 is 0 Å². The second kappa shape index (κ2) is 7.66. The van der Waals surface area contributed by atoms with Crippen molar-refractivity contribution < 1.29 is 22.7 Å². The Hall–Kier alpha value is -3.08. The van der Waals surface area contributed by atoms with Gasteiger partial charge in [0.25, 0.3) is 0 Å². The maximum atomic E-state index is 12.1. The van der Waals surface area contributed by atoms with E-state index in [1.165, 1.54) is 25.8 Å². The number of nitrogens with one attached hydrogen (secondary N) is 3. The molecule has 0 aliphatic heterocycles. The largest absolute Gasteiger partial charge is 0.481 e. The van der Waals surface area contributed by atoms with E-state index < -0.39 is 16.2 Å². The van der Waals surface area contributed by atoms with Crippen molar-refractivity contribution in [2.24, 2.45) is 0 Å². The highest BCUT2D eigenvalue weighted by molar-refractivity contribution is 7.91. The molecule has 0 saturated heterocycles. The van der Waals surface area contributed by atoms with Gasteiger partial charge in [0.1, 0.15) is 0 Å². The summed E-state index contributed by atoms with van der Waals surface area (Å²) >= 11 is 0. The zero-order valence-corrected chi connectivity index (χ0v) is 15.5. The van der Waals surface area contributed by atoms with Crippen LogP contribution in [0.1, 0.15) is 24.3 Å². The van der Waals surface area contributed by atoms with Gasteiger partial charge < -0.3 is 9.47 Å². The summed E-state index contributed by atoms with van der Waals surface area (Å²) in [4.78, 5) is 19.7. The summed E-state index contributed by atoms with van der Waals surface area (Å²) in [6, 6.07) is 7.42. The Kier molecular flexibility index (Phi) is 5.31. The molecule has 0 unspecified atom stereocenters. The molecule has 0 radical (unpaired) electrons. The minimum absolute atomic E-state index is 0.147. The van der Waals surface area contributed by atoms with Crippen LogP contribution in [0.25, 0.3) is 0 Å². The number of amides is 2. The second-order valence-corrected chi connectivity index (χ2v) is 7.25. The van der Waals surface area contributed by atoms with Crippen LogP contribution in [0.15, 0.2) is 30.3 Å². The quantitative estimate of drug-likeness (QED) is 0.654. The number of ether oxygens (including phenoxy) is 2. The number of carbonyl (C=O) groups is 1. The van der Waals surface area contributed by atoms with Gasteiger partial charge in [-0.1, -0.05) is 12.1 Å². The van der Waals surface area contributed by atoms with Crippen LogP contribution in [0.5, 0.6) is 11.8 Å². The lowest BCUT2D eigenvalue weighted by atomic mass is 10.1. The molecule has 1 saturated carbocycles. The van der Waals surface area contributed by atoms with Gasteiger partial charge in [0.15, 0.2) is 0 Å². The van der Waals surface area contributed by atoms with Gasteiger partial charge in [-0.15, -0.1) is 0 Å². The van der Waals surface area contributed by atoms with Gasteiger partial charge in [0, 0.05) is 0 Å². The number of benzene rings is 1. The summed E-state index contributed by atoms with van der Waals surface area (Å²) in [5, 5.41) is 2.21. The molecule has 1 fully saturated rings. The van der Waals surface area contributed by atoms with Crippen LogP contribution >= 0.6 is 0 Å². The molecule has 2 aromatic rings. The monoisotopic (exact) mass is 393 g/mol. The Balaban J connectivity index is 1.62. The minimum Gasteiger partial charge on any atom is -0.481 e. The fourth-order valence-corrected chi connectivity index (χ4v) is 3.13. The first-order valence-corrected chi connectivity index (χ1v) is 9.55. The van der Waals surface area contributed by atoms with Crippen molar-refractivity contribution in [2.45, 2.75) is 18.8 Å². The lowest BCUT2D eigenvalue weighted by molar-refractivity contribution is 0.256. The SMILES string of the molecule is COc1cc(OC)nc(NC(=O)NS(=O)(=O)Nc2ccc(C3CC3)cc2)n1. The van der Waals surface area contributed by atoms with Gasteiger partial charge in [-0.2, -0.15) is 18.4 Å². The van der Waals surface area contributed by atoms with Crippen LogP contribution in [0.4, 0.5) is 16.4 Å². The molecule has 11 heteroatoms. The lowest BCUT2D eigenvalue weighted by Crippen LogP contribution is -2.38. The third kappa shape index (κ3) is 5.20. The first kappa shape index (κ1) is 18.7. The van der Waals surface area contributed by atoms with Crippen molar-refractivity contribution >= 4 is 27.9 Å². The summed E-state index contributed by atoms with van der Waals surface area (Å²) in [7, 11) is -1.37. The molecule has 3 rings (SSSR count). The van der Waals surface area contributed by atoms with Crippen LogP contribution in [-0.4, -0.2) is 38.6 Å². The topological polar surface area (TPSA) is 132 Å². The number of carbonyl (C=O) groups excluding carboxylic acids is 1. The van der Waals surface area contributed by atoms with Crippen molar-refractivity contribution in [1.29, 1.82) is 0 Å². The molecule has 2 amide bonds. The van der Waals surface area contributed by atoms with Crippen molar-refractivity contribution in [3.8, 4) is 11.8 Å². The van der Waals surface area contributed by atoms with Gasteiger partial charge >= 0.3 is 16.2 Å². The number of aromatic nitrogens is 2. The maximum Gasteiger partial charge on any atom is 0.336 e. The highest BCUT2D eigenvalue weighted by atomic mass is 32.2. The summed E-state index contributed by atoms with van der Waals surface area (Å²) in [6.07, 6.45) is 2.31. The molecule has 1 aromatic carbocycles. The number of anilines is 2. The van der Waals surface area contributed by atoms with Crippen LogP contribution in [0.3, 0.4) is 0 Å². The maximum absolute atomic E-state index is 12.1. The number of urea groups is 1. The predicted molar refractivity (Wildman–Crippen MR) is 98.2 cm³/mol. The van der Waals surface area contributed by atoms with E-state index in [1.807, 2.05) is 16.9 Å². The number of rotatable bonds is 7. The predicted octanol–water partition coefficient (Wildman–Crippen LogP) is 1.85. The Morgan fingerprint density at radius 3 is 2.19 bits per heavy atom. The Labute approximate surface area is 156 Å². The normalized spacial score (nSPS) is 13.6. The fourth-order valence-electron chi connectivity index (χ4n) is 2.34. The number of methoxy groups -OCH3 is 2. The third-order valence-corrected chi connectivity index (χ3v) is 4.72. The molecule has 1 aliphatic carbocycles. The van der Waals surface area contributed by atoms with Crippen LogP contribution in [-0.2, 0) is 10.2 Å². The molecule has 1 aliphatic rings. The van der Waals surface area contributed by atoms with Crippen molar-refractivity contribution in [3.63, 3.8) is 0 Å². The number of nitrogens with zero attached hydrogens (tertiary/aromatic N) is 2. The van der Waals surface area contributed by atoms with E-state index in [0.717, 1.165) is 12.8 Å². The Morgan fingerprint density at radius 1 is 1.07 bits per heavy atom. The molecule has 10 nitrogen and oxygen atoms in total. The summed E-state index contributed by atoms with van der Waals surface area (Å²) in [6.45, 7) is 0. The molecule has 1 heterocycles. The average Bonchev–Trinajstić information content (AvgIpc) is 3.46. The summed E-state index contributed by atoms with van der Waals surface area (Å²) in [5.74, 6) is 0.690. The fraction of sp³-hybridized carbons (Fsp3) is 0.312. The zero-order chi connectivity index (χ0) is 19.4. The molecule has 0 spiro atoms. The first-order valence-electron chi connectivity index (χ1n) is 8.07. The lowest BCUT2D eigenvalue weighted by Gasteiger charge is -2.11. The average molecular weight is 393 g/mol. The molecular weight excluding hydrogens is 374 g/mol. The third-order valence-electron chi connectivity index (χ3n) is 3.76. The van der Waals surface area contributed by atoms with Gasteiger partial charge in [-0.25, -0.2) is 9.52 Å². The van der Waals surface area contributed by atoms with E-state index in [1.54, 1.807) is 12.1 Å². The van der Waals surface area contributed by atoms with Crippen LogP contribution in [0.2, 0.25) is 0 Å². The van der Waals surface area contributed by atoms with E-state index in [9.17, 15) is 13.2 Å². The van der Waals surface area contributed by atoms with E-state index in [2.05, 4.69) is 20.0 Å². The van der Waals surface area contributed by atoms with Crippen LogP contribution in [0, 0.1) is 0 Å². The first-order chi connectivity index (χ1) is 12.9. The smallest absolute Gasteiger partial charge is 0.336 e. The van der Waals surface area contributed by atoms with Crippen molar-refractivity contribution in [1.82, 2.24) is 14.7 Å². The molecular formula is C16H19N5O5S. The molecule has 0 atom stereocenters. The highest BCUT2D eigenvalue weighted by Gasteiger charge is 2.23. The number of hydrogen-bond donors (Lipinski definition) is 3. The number of hydrogen-bond acceptors (Lipinski definition) is 7. The standard InChI is InChI=1S/C16H19N5O5S/c1-25-13-9-14(26-2)18-15(17-13)19-16(22)21-27(23,24)20-12-7-5-11(6-8-12)10-3-4-10/h5-10,20H,3-4H2,1-2H3,(H2,17,18,19,21,22). The van der Waals surface area contributed by atoms with Gasteiger partial charge in [0.2, 0.25) is 17.7 Å². The molecule has 1 aromatic heterocycles. The zero-order valence-electron chi connectivity index (χ0n) is 14.7. The van der Waals surface area contributed by atoms with Crippen LogP contribution < -0.4 is 24.2 Å². The molecule has 3 N–H and O–H groups in total. The molecule has 27 heavy (non-hydrogen) atoms. The van der Waals surface area contributed by atoms with E-state index in [4.69, 9.17) is 9.47 Å². The Morgan fingerprint density at radius 2 is 1.67 bits per heavy atom. The van der Waals surface area contributed by atoms with Crippen molar-refractivity contribution in [3.05, 3.63) is 35.9 Å². The van der Waals surface area contributed by atoms with Crippen molar-refractivity contribution in [2.75, 3.05) is 24.3 Å². The summed E-state index contributed by atoms with van der Waals surface area (Å²) < 4.78 is 38.2. The second-order valence-electron chi connectivity index (χ2n) is 5.83. The van der Waals surface area contributed by atoms with Gasteiger partial charge in [-0.3, -0.25) is 10.0 Å². The Bertz CT molecular complexity index is 906. The van der Waals surface area contributed by atoms with E-state index in [0.29, 0.717) is 11.6 Å².